The highest BCUT2D eigenvalue weighted by Crippen LogP contribution is 2.61. The average molecular weight is 425 g/mol. The standard InChI is InChI=1S/C24H29ClN4O/c1-16-21(23(25)29(28-16)15-17-5-3-2-4-6-17)14-26-27-22(30)13-24-10-18-7-19(11-24)9-20(8-18)12-24/h2-6,14,18-20H,7-13,15H2,1H3,(H,27,30)/b26-14-. The molecule has 0 spiro atoms. The Morgan fingerprint density at radius 3 is 2.47 bits per heavy atom. The molecule has 4 bridgehead atoms. The van der Waals surface area contributed by atoms with Crippen LogP contribution in [0.4, 0.5) is 0 Å². The number of carbonyl (C=O) groups is 1. The van der Waals surface area contributed by atoms with Gasteiger partial charge in [-0.15, -0.1) is 0 Å². The first-order chi connectivity index (χ1) is 14.5. The van der Waals surface area contributed by atoms with Crippen LogP contribution in [0.25, 0.3) is 0 Å². The SMILES string of the molecule is Cc1nn(Cc2ccccc2)c(Cl)c1/C=N\NC(=O)CC12CC3CC(CC(C3)C1)C2. The smallest absolute Gasteiger partial charge is 0.240 e. The molecule has 0 radical (unpaired) electrons. The number of hydrogen-bond donors (Lipinski definition) is 1. The zero-order valence-corrected chi connectivity index (χ0v) is 18.2. The summed E-state index contributed by atoms with van der Waals surface area (Å²) in [7, 11) is 0. The fraction of sp³-hybridized carbons (Fsp3) is 0.542. The van der Waals surface area contributed by atoms with Crippen LogP contribution in [0.15, 0.2) is 35.4 Å². The van der Waals surface area contributed by atoms with Crippen molar-refractivity contribution in [2.75, 3.05) is 0 Å². The van der Waals surface area contributed by atoms with Gasteiger partial charge in [-0.2, -0.15) is 10.2 Å². The molecule has 0 atom stereocenters. The van der Waals surface area contributed by atoms with Gasteiger partial charge in [-0.3, -0.25) is 4.79 Å². The maximum Gasteiger partial charge on any atom is 0.240 e. The van der Waals surface area contributed by atoms with Crippen LogP contribution in [0.5, 0.6) is 0 Å². The number of benzene rings is 1. The van der Waals surface area contributed by atoms with E-state index in [9.17, 15) is 4.79 Å². The van der Waals surface area contributed by atoms with Crippen LogP contribution in [0.3, 0.4) is 0 Å². The number of aromatic nitrogens is 2. The van der Waals surface area contributed by atoms with Crippen molar-refractivity contribution in [2.24, 2.45) is 28.3 Å². The quantitative estimate of drug-likeness (QED) is 0.526. The summed E-state index contributed by atoms with van der Waals surface area (Å²) in [5.74, 6) is 2.58. The molecule has 0 unspecified atom stereocenters. The number of halogens is 1. The molecular weight excluding hydrogens is 396 g/mol. The maximum absolute atomic E-state index is 12.7. The van der Waals surface area contributed by atoms with E-state index in [-0.39, 0.29) is 11.3 Å². The van der Waals surface area contributed by atoms with Gasteiger partial charge in [0.05, 0.1) is 24.0 Å². The summed E-state index contributed by atoms with van der Waals surface area (Å²) >= 11 is 6.54. The van der Waals surface area contributed by atoms with Gasteiger partial charge in [-0.05, 0) is 74.2 Å². The molecular formula is C24H29ClN4O. The van der Waals surface area contributed by atoms with Gasteiger partial charge >= 0.3 is 0 Å². The second kappa shape index (κ2) is 7.84. The third kappa shape index (κ3) is 3.92. The summed E-state index contributed by atoms with van der Waals surface area (Å²) in [6.07, 6.45) is 10.1. The molecule has 4 fully saturated rings. The van der Waals surface area contributed by atoms with Crippen LogP contribution in [-0.4, -0.2) is 21.9 Å². The van der Waals surface area contributed by atoms with Crippen molar-refractivity contribution in [2.45, 2.75) is 58.4 Å². The molecule has 30 heavy (non-hydrogen) atoms. The molecule has 4 aliphatic rings. The van der Waals surface area contributed by atoms with Gasteiger partial charge in [0.1, 0.15) is 5.15 Å². The molecule has 0 aliphatic heterocycles. The van der Waals surface area contributed by atoms with E-state index in [1.807, 2.05) is 37.3 Å². The van der Waals surface area contributed by atoms with Crippen molar-refractivity contribution >= 4 is 23.7 Å². The van der Waals surface area contributed by atoms with Crippen molar-refractivity contribution in [3.05, 3.63) is 52.3 Å². The van der Waals surface area contributed by atoms with Gasteiger partial charge in [0.15, 0.2) is 0 Å². The second-order valence-electron chi connectivity index (χ2n) is 9.82. The maximum atomic E-state index is 12.7. The molecule has 158 valence electrons. The first kappa shape index (κ1) is 19.8. The van der Waals surface area contributed by atoms with Gasteiger partial charge in [0.2, 0.25) is 5.91 Å². The number of nitrogens with zero attached hydrogens (tertiary/aromatic N) is 3. The van der Waals surface area contributed by atoms with Crippen molar-refractivity contribution in [3.8, 4) is 0 Å². The zero-order valence-electron chi connectivity index (χ0n) is 17.5. The van der Waals surface area contributed by atoms with Crippen LogP contribution in [-0.2, 0) is 11.3 Å². The minimum atomic E-state index is 0.0265. The highest BCUT2D eigenvalue weighted by atomic mass is 35.5. The fourth-order valence-electron chi connectivity index (χ4n) is 6.63. The van der Waals surface area contributed by atoms with Crippen molar-refractivity contribution in [3.63, 3.8) is 0 Å². The first-order valence-corrected chi connectivity index (χ1v) is 11.5. The van der Waals surface area contributed by atoms with Gasteiger partial charge < -0.3 is 0 Å². The van der Waals surface area contributed by atoms with Gasteiger partial charge in [0.25, 0.3) is 0 Å². The first-order valence-electron chi connectivity index (χ1n) is 11.1. The molecule has 6 rings (SSSR count). The van der Waals surface area contributed by atoms with E-state index in [0.29, 0.717) is 18.1 Å². The van der Waals surface area contributed by atoms with Crippen LogP contribution >= 0.6 is 11.6 Å². The molecule has 2 aromatic rings. The van der Waals surface area contributed by atoms with E-state index in [1.54, 1.807) is 10.9 Å². The lowest BCUT2D eigenvalue weighted by molar-refractivity contribution is -0.129. The molecule has 1 aromatic heterocycles. The largest absolute Gasteiger partial charge is 0.273 e. The van der Waals surface area contributed by atoms with E-state index >= 15 is 0 Å². The minimum Gasteiger partial charge on any atom is -0.273 e. The van der Waals surface area contributed by atoms with Crippen molar-refractivity contribution in [1.29, 1.82) is 0 Å². The molecule has 6 heteroatoms. The fourth-order valence-corrected chi connectivity index (χ4v) is 6.91. The van der Waals surface area contributed by atoms with E-state index in [1.165, 1.54) is 38.5 Å². The van der Waals surface area contributed by atoms with Gasteiger partial charge in [0, 0.05) is 6.42 Å². The highest BCUT2D eigenvalue weighted by Gasteiger charge is 2.51. The zero-order chi connectivity index (χ0) is 20.7. The lowest BCUT2D eigenvalue weighted by Crippen LogP contribution is -2.47. The number of rotatable bonds is 6. The summed E-state index contributed by atoms with van der Waals surface area (Å²) < 4.78 is 1.77. The molecule has 1 heterocycles. The number of amides is 1. The van der Waals surface area contributed by atoms with Crippen LogP contribution in [0.2, 0.25) is 5.15 Å². The minimum absolute atomic E-state index is 0.0265. The molecule has 1 aromatic carbocycles. The number of carbonyl (C=O) groups excluding carboxylic acids is 1. The summed E-state index contributed by atoms with van der Waals surface area (Å²) in [6, 6.07) is 10.1. The Kier molecular flexibility index (Phi) is 5.18. The van der Waals surface area contributed by atoms with Crippen LogP contribution in [0.1, 0.15) is 61.8 Å². The van der Waals surface area contributed by atoms with E-state index in [0.717, 1.165) is 34.6 Å². The molecule has 5 nitrogen and oxygen atoms in total. The third-order valence-corrected chi connectivity index (χ3v) is 7.77. The molecule has 1 N–H and O–H groups in total. The predicted octanol–water partition coefficient (Wildman–Crippen LogP) is 4.95. The lowest BCUT2D eigenvalue weighted by Gasteiger charge is -2.56. The van der Waals surface area contributed by atoms with Crippen LogP contribution < -0.4 is 5.43 Å². The number of nitrogens with one attached hydrogen (secondary N) is 1. The predicted molar refractivity (Wildman–Crippen MR) is 118 cm³/mol. The van der Waals surface area contributed by atoms with E-state index in [2.05, 4.69) is 15.6 Å². The molecule has 0 saturated heterocycles. The molecule has 4 saturated carbocycles. The number of hydrogen-bond acceptors (Lipinski definition) is 3. The highest BCUT2D eigenvalue weighted by molar-refractivity contribution is 6.32. The van der Waals surface area contributed by atoms with Crippen molar-refractivity contribution < 1.29 is 4.79 Å². The van der Waals surface area contributed by atoms with Crippen molar-refractivity contribution in [1.82, 2.24) is 15.2 Å². The molecule has 1 amide bonds. The Hall–Kier alpha value is -2.14. The summed E-state index contributed by atoms with van der Waals surface area (Å²) in [5, 5.41) is 9.29. The Labute approximate surface area is 182 Å². The Balaban J connectivity index is 1.21. The average Bonchev–Trinajstić information content (AvgIpc) is 2.94. The van der Waals surface area contributed by atoms with Gasteiger partial charge in [-0.25, -0.2) is 10.1 Å². The summed E-state index contributed by atoms with van der Waals surface area (Å²) in [6.45, 7) is 2.51. The topological polar surface area (TPSA) is 59.3 Å². The Bertz CT molecular complexity index is 930. The second-order valence-corrected chi connectivity index (χ2v) is 10.2. The Morgan fingerprint density at radius 1 is 1.20 bits per heavy atom. The lowest BCUT2D eigenvalue weighted by atomic mass is 9.49. The summed E-state index contributed by atoms with van der Waals surface area (Å²) in [4.78, 5) is 12.7. The summed E-state index contributed by atoms with van der Waals surface area (Å²) in [5.41, 5.74) is 5.67. The van der Waals surface area contributed by atoms with Crippen LogP contribution in [0, 0.1) is 30.1 Å². The Morgan fingerprint density at radius 2 is 1.83 bits per heavy atom. The van der Waals surface area contributed by atoms with Gasteiger partial charge in [-0.1, -0.05) is 41.9 Å². The normalized spacial score (nSPS) is 29.6. The third-order valence-electron chi connectivity index (χ3n) is 7.37. The molecule has 4 aliphatic carbocycles. The number of hydrazone groups is 1. The van der Waals surface area contributed by atoms with E-state index < -0.39 is 0 Å². The van der Waals surface area contributed by atoms with E-state index in [4.69, 9.17) is 11.6 Å². The number of aryl methyl sites for hydroxylation is 1. The monoisotopic (exact) mass is 424 g/mol.